The minimum Gasteiger partial charge on any atom is -1.00 e. The maximum atomic E-state index is 13.4. The van der Waals surface area contributed by atoms with Crippen LogP contribution in [0.1, 0.15) is 102 Å². The Morgan fingerprint density at radius 3 is 1.64 bits per heavy atom. The Morgan fingerprint density at radius 2 is 1.22 bits per heavy atom. The van der Waals surface area contributed by atoms with E-state index in [-0.39, 0.29) is 123 Å². The fourth-order valence-electron chi connectivity index (χ4n) is 6.74. The molecule has 12 atom stereocenters. The second kappa shape index (κ2) is 41.1. The van der Waals surface area contributed by atoms with E-state index in [1.54, 1.807) is 31.2 Å². The predicted molar refractivity (Wildman–Crippen MR) is 420 cm³/mol. The SMILES string of the molecule is CC(C)(C)OC(=O)NCc1ccc(Br)cc1.COC(=O)C(C)(C)c1cccc(B2OC(C)(C)C(C)(C)O2)c1.Cc1ccc2c(F)cccc2c1C(=O)Cl.FC(F)(F)c1ccc(CBr)o1.PP(P)P(P)P(P(P(P)P)P(P)P)P(P(P)P)P(P)P.[H-].[Na+]. The summed E-state index contributed by atoms with van der Waals surface area (Å²) in [7, 11) is 35.7. The largest absolute Gasteiger partial charge is 1.00 e. The van der Waals surface area contributed by atoms with Crippen LogP contribution in [0.3, 0.4) is 0 Å². The fourth-order valence-corrected chi connectivity index (χ4v) is 234. The molecule has 5 aromatic rings. The quantitative estimate of drug-likeness (QED) is 0.0275. The number of halogens is 7. The molecule has 38 heteroatoms. The molecule has 1 saturated heterocycles. The molecule has 1 aromatic heterocycles. The number of esters is 1. The molecule has 0 radical (unpaired) electrons. The zero-order chi connectivity index (χ0) is 64.6. The summed E-state index contributed by atoms with van der Waals surface area (Å²) >= 11 is 11.8. The van der Waals surface area contributed by atoms with E-state index in [0.29, 0.717) is 28.2 Å². The van der Waals surface area contributed by atoms with E-state index in [9.17, 15) is 31.9 Å². The van der Waals surface area contributed by atoms with E-state index in [4.69, 9.17) is 30.4 Å². The summed E-state index contributed by atoms with van der Waals surface area (Å²) < 4.78 is 76.5. The van der Waals surface area contributed by atoms with Crippen LogP contribution in [-0.4, -0.2) is 48.3 Å². The van der Waals surface area contributed by atoms with Gasteiger partial charge in [0.05, 0.1) is 29.1 Å². The first-order valence-electron chi connectivity index (χ1n) is 24.3. The van der Waals surface area contributed by atoms with Gasteiger partial charge in [-0.25, -0.2) is 9.18 Å². The van der Waals surface area contributed by atoms with E-state index in [0.717, 1.165) is 32.7 Å². The zero-order valence-electron chi connectivity index (χ0n) is 49.9. The number of amides is 1. The van der Waals surface area contributed by atoms with Gasteiger partial charge in [0.1, 0.15) is 17.2 Å². The second-order valence-electron chi connectivity index (χ2n) is 20.1. The Bertz CT molecular complexity index is 2880. The van der Waals surface area contributed by atoms with Crippen molar-refractivity contribution in [3.8, 4) is 0 Å². The van der Waals surface area contributed by atoms with Crippen LogP contribution in [0.4, 0.5) is 22.4 Å². The van der Waals surface area contributed by atoms with Crippen LogP contribution in [0, 0.1) is 12.7 Å². The van der Waals surface area contributed by atoms with Crippen LogP contribution >= 0.6 is 205 Å². The van der Waals surface area contributed by atoms with Gasteiger partial charge in [-0.2, -0.15) is 13.2 Å². The number of alkyl halides is 4. The monoisotopic (exact) mass is 1700 g/mol. The number of benzene rings is 4. The van der Waals surface area contributed by atoms with Crippen LogP contribution in [0.5, 0.6) is 0 Å². The molecule has 1 aliphatic heterocycles. The maximum Gasteiger partial charge on any atom is 1.00 e. The van der Waals surface area contributed by atoms with Crippen LogP contribution in [0.25, 0.3) is 10.8 Å². The predicted octanol–water partition coefficient (Wildman–Crippen LogP) is 21.2. The number of hydrogen-bond donors (Lipinski definition) is 1. The molecular formula is C47H76BBr2ClF4NNaO8P20. The number of fused-ring (bicyclic) bond motifs is 1. The van der Waals surface area contributed by atoms with Crippen molar-refractivity contribution in [1.82, 2.24) is 5.32 Å². The van der Waals surface area contributed by atoms with Crippen molar-refractivity contribution in [2.75, 3.05) is 7.11 Å². The first-order chi connectivity index (χ1) is 38.5. The Balaban J connectivity index is 0.00000106. The van der Waals surface area contributed by atoms with E-state index >= 15 is 0 Å². The number of carbonyl (C=O) groups excluding carboxylic acids is 3. The molecule has 9 nitrogen and oxygen atoms in total. The number of nitrogens with one attached hydrogen (secondary N) is 1. The Labute approximate surface area is 582 Å². The van der Waals surface area contributed by atoms with Crippen LogP contribution in [-0.2, 0) is 47.0 Å². The summed E-state index contributed by atoms with van der Waals surface area (Å²) in [5.41, 5.74) is 2.03. The zero-order valence-corrected chi connectivity index (χ0v) is 75.6. The summed E-state index contributed by atoms with van der Waals surface area (Å²) in [5, 5.41) is 3.43. The van der Waals surface area contributed by atoms with E-state index in [1.165, 1.54) is 19.2 Å². The normalized spacial score (nSPS) is 14.2. The Morgan fingerprint density at radius 1 is 0.718 bits per heavy atom. The van der Waals surface area contributed by atoms with Crippen LogP contribution in [0.2, 0.25) is 0 Å². The Kier molecular flexibility index (Phi) is 42.7. The average molecular weight is 1710 g/mol. The van der Waals surface area contributed by atoms with Crippen molar-refractivity contribution in [2.45, 2.75) is 110 Å². The first kappa shape index (κ1) is 88.4. The fraction of sp³-hybridized carbons (Fsp3) is 0.383. The van der Waals surface area contributed by atoms with Gasteiger partial charge in [-0.1, -0.05) is 92.5 Å². The van der Waals surface area contributed by atoms with Gasteiger partial charge in [0.2, 0.25) is 5.76 Å². The van der Waals surface area contributed by atoms with Crippen molar-refractivity contribution >= 4 is 245 Å². The topological polar surface area (TPSA) is 113 Å². The van der Waals surface area contributed by atoms with E-state index in [1.807, 2.05) is 111 Å². The smallest absolute Gasteiger partial charge is 1.00 e. The molecule has 1 aliphatic rings. The van der Waals surface area contributed by atoms with Gasteiger partial charge in [-0.05, 0) is 202 Å². The molecule has 0 spiro atoms. The molecule has 2 heterocycles. The average Bonchev–Trinajstić information content (AvgIpc) is 1.71. The van der Waals surface area contributed by atoms with Gasteiger partial charge in [0.15, 0.2) is 0 Å². The summed E-state index contributed by atoms with van der Waals surface area (Å²) in [5.74, 6) is -1.28. The van der Waals surface area contributed by atoms with Crippen molar-refractivity contribution in [3.63, 3.8) is 0 Å². The van der Waals surface area contributed by atoms with Crippen molar-refractivity contribution in [1.29, 1.82) is 0 Å². The number of ether oxygens (including phenoxy) is 2. The van der Waals surface area contributed by atoms with Crippen molar-refractivity contribution in [2.24, 2.45) is 0 Å². The van der Waals surface area contributed by atoms with Gasteiger partial charge in [-0.15, -0.1) is 98.2 Å². The number of methoxy groups -OCH3 is 1. The maximum absolute atomic E-state index is 13.4. The number of aryl methyl sites for hydroxylation is 1. The molecule has 12 unspecified atom stereocenters. The molecular weight excluding hydrogens is 1630 g/mol. The molecule has 1 amide bonds. The summed E-state index contributed by atoms with van der Waals surface area (Å²) in [4.78, 5) is 34.6. The van der Waals surface area contributed by atoms with Gasteiger partial charge in [0.25, 0.3) is 5.24 Å². The standard InChI is InChI=1S/C17H25BO4.C12H16BrNO2.C12H8ClFO.C6H4BrF3O.Na.H22P20.H/c1-15(2,14(19)20-7)12-9-8-10-13(11-12)18-21-16(3,4)17(5,6)22-18;1-12(2,3)16-11(15)14-8-9-4-6-10(13)7-5-9;1-7-5-6-8-9(11(7)12(13)15)3-2-4-10(8)14;7-3-4-1-2-5(11-4)6(8,9)10;;1-12(2)17(11)20(18(13(3)4)14(5)6)19(15(7)8)16(9)10;/h8-11H,1-7H3;4-7H,8H2,1-3H3,(H,14,15);2-6H,1H3;1-2H,3H2;;1-11H2;/q;;;;+1;;-1. The molecule has 6 rings (SSSR count). The number of carbonyl (C=O) groups is 3. The van der Waals surface area contributed by atoms with Crippen LogP contribution in [0.15, 0.2) is 99.9 Å². The molecule has 4 aromatic carbocycles. The number of hydrogen-bond acceptors (Lipinski definition) is 8. The molecule has 0 bridgehead atoms. The Hall–Kier alpha value is 5.38. The van der Waals surface area contributed by atoms with E-state index < -0.39 is 41.4 Å². The molecule has 1 N–H and O–H groups in total. The van der Waals surface area contributed by atoms with Crippen LogP contribution < -0.4 is 40.3 Å². The molecule has 470 valence electrons. The molecule has 85 heavy (non-hydrogen) atoms. The van der Waals surface area contributed by atoms with Gasteiger partial charge < -0.3 is 29.9 Å². The third-order valence-electron chi connectivity index (χ3n) is 11.6. The van der Waals surface area contributed by atoms with Gasteiger partial charge in [0, 0.05) is 22.0 Å². The molecule has 0 saturated carbocycles. The molecule has 0 aliphatic carbocycles. The van der Waals surface area contributed by atoms with Gasteiger partial charge >= 0.3 is 54.9 Å². The number of alkyl carbamates (subject to hydrolysis) is 1. The number of furan rings is 1. The minimum atomic E-state index is -4.37. The van der Waals surface area contributed by atoms with Crippen molar-refractivity contribution < 1.29 is 86.1 Å². The molecule has 1 fully saturated rings. The third-order valence-corrected chi connectivity index (χ3v) is 138. The summed E-state index contributed by atoms with van der Waals surface area (Å²) in [6, 6.07) is 25.7. The second-order valence-corrected chi connectivity index (χ2v) is 101. The van der Waals surface area contributed by atoms with Crippen molar-refractivity contribution in [3.05, 3.63) is 135 Å². The van der Waals surface area contributed by atoms with E-state index in [2.05, 4.69) is 140 Å². The summed E-state index contributed by atoms with van der Waals surface area (Å²) in [6.45, 7) is 20.2. The number of rotatable bonds is 15. The summed E-state index contributed by atoms with van der Waals surface area (Å²) in [6.07, 6.45) is -4.77. The van der Waals surface area contributed by atoms with Gasteiger partial charge in [-0.3, -0.25) is 9.59 Å². The minimum absolute atomic E-state index is 0. The third kappa shape index (κ3) is 29.4. The first-order valence-corrected chi connectivity index (χ1v) is 62.1.